The van der Waals surface area contributed by atoms with E-state index in [1.807, 2.05) is 11.5 Å². The van der Waals surface area contributed by atoms with E-state index in [9.17, 15) is 26.7 Å². The number of rotatable bonds is 4. The number of halogens is 5. The molecule has 2 bridgehead atoms. The molecule has 5 aliphatic rings. The SMILES string of the molecule is CC(C(=O)NC12CC(C(F)(F)F)(C1)C2)[C@H]1[C@@H]2C[C@@H](n3cnc4cc(F)c(F)cc43)C[C@@H]21. The van der Waals surface area contributed by atoms with E-state index >= 15 is 0 Å². The van der Waals surface area contributed by atoms with Gasteiger partial charge in [-0.3, -0.25) is 4.79 Å². The Hall–Kier alpha value is -2.19. The van der Waals surface area contributed by atoms with Crippen molar-refractivity contribution in [3.8, 4) is 0 Å². The highest BCUT2D eigenvalue weighted by atomic mass is 19.4. The van der Waals surface area contributed by atoms with Crippen molar-refractivity contribution in [2.75, 3.05) is 0 Å². The summed E-state index contributed by atoms with van der Waals surface area (Å²) in [7, 11) is 0. The number of carbonyl (C=O) groups is 1. The molecule has 31 heavy (non-hydrogen) atoms. The van der Waals surface area contributed by atoms with Crippen LogP contribution >= 0.6 is 0 Å². The van der Waals surface area contributed by atoms with Gasteiger partial charge in [0.2, 0.25) is 5.91 Å². The van der Waals surface area contributed by atoms with E-state index < -0.39 is 28.8 Å². The van der Waals surface area contributed by atoms with E-state index in [1.165, 1.54) is 6.07 Å². The topological polar surface area (TPSA) is 46.9 Å². The molecule has 7 rings (SSSR count). The quantitative estimate of drug-likeness (QED) is 0.699. The van der Waals surface area contributed by atoms with Gasteiger partial charge in [-0.2, -0.15) is 13.2 Å². The largest absolute Gasteiger partial charge is 0.394 e. The molecule has 4 nitrogen and oxygen atoms in total. The molecule has 5 saturated carbocycles. The van der Waals surface area contributed by atoms with E-state index in [0.29, 0.717) is 22.9 Å². The molecule has 0 aliphatic heterocycles. The number of alkyl halides is 3. The lowest BCUT2D eigenvalue weighted by molar-refractivity contribution is -0.337. The highest BCUT2D eigenvalue weighted by Gasteiger charge is 2.79. The van der Waals surface area contributed by atoms with Gasteiger partial charge >= 0.3 is 6.18 Å². The molecular formula is C22H22F5N3O. The molecule has 5 fully saturated rings. The van der Waals surface area contributed by atoms with Crippen molar-refractivity contribution in [2.45, 2.75) is 56.8 Å². The Balaban J connectivity index is 1.08. The highest BCUT2D eigenvalue weighted by molar-refractivity contribution is 5.80. The van der Waals surface area contributed by atoms with Gasteiger partial charge in [-0.1, -0.05) is 6.92 Å². The maximum atomic E-state index is 13.7. The Kier molecular flexibility index (Phi) is 3.63. The van der Waals surface area contributed by atoms with Crippen LogP contribution in [0.5, 0.6) is 0 Å². The van der Waals surface area contributed by atoms with Gasteiger partial charge in [-0.15, -0.1) is 0 Å². The molecule has 0 radical (unpaired) electrons. The summed E-state index contributed by atoms with van der Waals surface area (Å²) in [5, 5.41) is 2.91. The molecule has 1 aromatic heterocycles. The number of fused-ring (bicyclic) bond motifs is 2. The number of imidazole rings is 1. The predicted molar refractivity (Wildman–Crippen MR) is 101 cm³/mol. The van der Waals surface area contributed by atoms with E-state index in [0.717, 1.165) is 18.9 Å². The van der Waals surface area contributed by atoms with Crippen LogP contribution < -0.4 is 5.32 Å². The molecule has 1 unspecified atom stereocenters. The third-order valence-corrected chi connectivity index (χ3v) is 8.51. The van der Waals surface area contributed by atoms with Crippen molar-refractivity contribution >= 4 is 16.9 Å². The molecular weight excluding hydrogens is 417 g/mol. The fourth-order valence-electron chi connectivity index (χ4n) is 6.92. The Morgan fingerprint density at radius 2 is 1.77 bits per heavy atom. The molecule has 0 saturated heterocycles. The van der Waals surface area contributed by atoms with Crippen molar-refractivity contribution in [3.05, 3.63) is 30.1 Å². The molecule has 1 amide bonds. The van der Waals surface area contributed by atoms with E-state index in [4.69, 9.17) is 0 Å². The standard InChI is InChI=1S/C22H22F5N3O/c1-10(19(31)29-21-6-20(7-21,8-21)22(25,26)27)18-12-2-11(3-13(12)18)30-9-28-16-4-14(23)15(24)5-17(16)30/h4-5,9-13,18H,2-3,6-8H2,1H3,(H,29,31)/t10?,11-,12-,13+,18+,20?,21?. The van der Waals surface area contributed by atoms with Crippen LogP contribution in [-0.2, 0) is 4.79 Å². The molecule has 0 spiro atoms. The first-order valence-electron chi connectivity index (χ1n) is 10.7. The van der Waals surface area contributed by atoms with Crippen LogP contribution in [0.1, 0.15) is 45.1 Å². The Morgan fingerprint density at radius 1 is 1.16 bits per heavy atom. The van der Waals surface area contributed by atoms with Crippen LogP contribution in [0.4, 0.5) is 22.0 Å². The van der Waals surface area contributed by atoms with Crippen molar-refractivity contribution in [2.24, 2.45) is 29.1 Å². The average molecular weight is 439 g/mol. The first kappa shape index (κ1) is 19.5. The van der Waals surface area contributed by atoms with Gasteiger partial charge in [-0.25, -0.2) is 13.8 Å². The number of hydrogen-bond donors (Lipinski definition) is 1. The minimum absolute atomic E-state index is 0.00636. The summed E-state index contributed by atoms with van der Waals surface area (Å²) >= 11 is 0. The highest BCUT2D eigenvalue weighted by Crippen LogP contribution is 2.73. The van der Waals surface area contributed by atoms with Crippen molar-refractivity contribution in [1.29, 1.82) is 0 Å². The summed E-state index contributed by atoms with van der Waals surface area (Å²) in [4.78, 5) is 16.9. The normalized spacial score (nSPS) is 38.9. The van der Waals surface area contributed by atoms with Gasteiger partial charge in [-0.05, 0) is 49.9 Å². The van der Waals surface area contributed by atoms with E-state index in [1.54, 1.807) is 6.33 Å². The fourth-order valence-corrected chi connectivity index (χ4v) is 6.92. The van der Waals surface area contributed by atoms with Gasteiger partial charge in [0, 0.05) is 29.6 Å². The molecule has 1 aromatic carbocycles. The molecule has 1 N–H and O–H groups in total. The van der Waals surface area contributed by atoms with Crippen molar-refractivity contribution < 1.29 is 26.7 Å². The summed E-state index contributed by atoms with van der Waals surface area (Å²) in [6.45, 7) is 1.86. The number of nitrogens with one attached hydrogen (secondary N) is 1. The van der Waals surface area contributed by atoms with Gasteiger partial charge in [0.1, 0.15) is 0 Å². The zero-order valence-electron chi connectivity index (χ0n) is 16.8. The number of nitrogens with zero attached hydrogens (tertiary/aromatic N) is 2. The predicted octanol–water partition coefficient (Wildman–Crippen LogP) is 4.75. The van der Waals surface area contributed by atoms with Crippen molar-refractivity contribution in [1.82, 2.24) is 14.9 Å². The van der Waals surface area contributed by atoms with Crippen LogP contribution in [0.3, 0.4) is 0 Å². The number of hydrogen-bond acceptors (Lipinski definition) is 2. The second kappa shape index (κ2) is 5.78. The smallest absolute Gasteiger partial charge is 0.350 e. The minimum atomic E-state index is -4.18. The Labute approximate surface area is 175 Å². The summed E-state index contributed by atoms with van der Waals surface area (Å²) in [6.07, 6.45) is -0.881. The lowest BCUT2D eigenvalue weighted by Gasteiger charge is -2.70. The number of amides is 1. The second-order valence-corrected chi connectivity index (χ2v) is 10.3. The maximum absolute atomic E-state index is 13.7. The van der Waals surface area contributed by atoms with Gasteiger partial charge in [0.05, 0.1) is 22.8 Å². The van der Waals surface area contributed by atoms with Crippen LogP contribution in [0.15, 0.2) is 18.5 Å². The molecule has 5 aliphatic carbocycles. The zero-order valence-corrected chi connectivity index (χ0v) is 16.8. The zero-order chi connectivity index (χ0) is 21.9. The van der Waals surface area contributed by atoms with Crippen LogP contribution in [0, 0.1) is 40.7 Å². The second-order valence-electron chi connectivity index (χ2n) is 10.3. The molecule has 5 atom stereocenters. The van der Waals surface area contributed by atoms with Crippen molar-refractivity contribution in [3.63, 3.8) is 0 Å². The monoisotopic (exact) mass is 439 g/mol. The molecule has 2 aromatic rings. The van der Waals surface area contributed by atoms with E-state index in [2.05, 4.69) is 10.3 Å². The fraction of sp³-hybridized carbons (Fsp3) is 0.636. The summed E-state index contributed by atoms with van der Waals surface area (Å²) in [5.74, 6) is -1.25. The van der Waals surface area contributed by atoms with Crippen LogP contribution in [-0.4, -0.2) is 27.2 Å². The summed E-state index contributed by atoms with van der Waals surface area (Å²) in [6, 6.07) is 2.40. The molecule has 166 valence electrons. The lowest BCUT2D eigenvalue weighted by Crippen LogP contribution is -2.79. The summed E-state index contributed by atoms with van der Waals surface area (Å²) < 4.78 is 68.1. The Morgan fingerprint density at radius 3 is 2.39 bits per heavy atom. The lowest BCUT2D eigenvalue weighted by atomic mass is 9.39. The van der Waals surface area contributed by atoms with Crippen LogP contribution in [0.2, 0.25) is 0 Å². The summed E-state index contributed by atoms with van der Waals surface area (Å²) in [5.41, 5.74) is -1.24. The third kappa shape index (κ3) is 2.58. The minimum Gasteiger partial charge on any atom is -0.350 e. The Bertz CT molecular complexity index is 1080. The molecule has 1 heterocycles. The number of benzene rings is 1. The average Bonchev–Trinajstić information content (AvgIpc) is 2.96. The first-order valence-corrected chi connectivity index (χ1v) is 10.7. The van der Waals surface area contributed by atoms with Crippen LogP contribution in [0.25, 0.3) is 11.0 Å². The number of aromatic nitrogens is 2. The van der Waals surface area contributed by atoms with Gasteiger partial charge in [0.15, 0.2) is 11.6 Å². The third-order valence-electron chi connectivity index (χ3n) is 8.51. The maximum Gasteiger partial charge on any atom is 0.394 e. The molecule has 9 heteroatoms. The van der Waals surface area contributed by atoms with Gasteiger partial charge in [0.25, 0.3) is 0 Å². The van der Waals surface area contributed by atoms with E-state index in [-0.39, 0.29) is 43.0 Å². The number of carbonyl (C=O) groups excluding carboxylic acids is 1. The van der Waals surface area contributed by atoms with Gasteiger partial charge < -0.3 is 9.88 Å². The first-order chi connectivity index (χ1) is 14.5.